The highest BCUT2D eigenvalue weighted by Gasteiger charge is 2.34. The number of halogens is 1. The molecule has 4 rings (SSSR count). The number of benzene rings is 2. The Hall–Kier alpha value is -3.67. The molecule has 0 unspecified atom stereocenters. The van der Waals surface area contributed by atoms with Crippen molar-refractivity contribution in [2.24, 2.45) is 5.41 Å². The average Bonchev–Trinajstić information content (AvgIpc) is 3.38. The van der Waals surface area contributed by atoms with E-state index < -0.39 is 11.8 Å². The van der Waals surface area contributed by atoms with Gasteiger partial charge >= 0.3 is 5.97 Å². The van der Waals surface area contributed by atoms with Crippen LogP contribution >= 0.6 is 0 Å². The highest BCUT2D eigenvalue weighted by molar-refractivity contribution is 5.88. The summed E-state index contributed by atoms with van der Waals surface area (Å²) >= 11 is 0. The van der Waals surface area contributed by atoms with E-state index in [1.807, 2.05) is 36.4 Å². The molecule has 0 saturated heterocycles. The molecular weight excluding hydrogens is 433 g/mol. The number of aromatic nitrogens is 1. The molecule has 0 radical (unpaired) electrons. The third kappa shape index (κ3) is 4.96. The van der Waals surface area contributed by atoms with Gasteiger partial charge in [0, 0.05) is 12.0 Å². The van der Waals surface area contributed by atoms with Crippen LogP contribution in [0.25, 0.3) is 29.0 Å². The monoisotopic (exact) mass is 461 g/mol. The lowest BCUT2D eigenvalue weighted by Gasteiger charge is -2.22. The Kier molecular flexibility index (Phi) is 6.68. The second kappa shape index (κ2) is 9.67. The van der Waals surface area contributed by atoms with Crippen LogP contribution in [0, 0.1) is 11.2 Å². The molecule has 2 aromatic carbocycles. The van der Waals surface area contributed by atoms with Gasteiger partial charge in [-0.05, 0) is 65.7 Å². The maximum absolute atomic E-state index is 14.9. The number of ether oxygens (including phenoxy) is 1. The van der Waals surface area contributed by atoms with Crippen molar-refractivity contribution in [3.05, 3.63) is 76.8 Å². The van der Waals surface area contributed by atoms with E-state index in [1.165, 1.54) is 6.07 Å². The number of carboxylic acid groups (broad SMARTS) is 1. The Morgan fingerprint density at radius 1 is 1.24 bits per heavy atom. The Balaban J connectivity index is 1.76. The van der Waals surface area contributed by atoms with E-state index in [4.69, 9.17) is 14.4 Å². The lowest BCUT2D eigenvalue weighted by atomic mass is 9.80. The van der Waals surface area contributed by atoms with Crippen molar-refractivity contribution in [2.75, 3.05) is 7.11 Å². The summed E-state index contributed by atoms with van der Waals surface area (Å²) < 4.78 is 25.9. The van der Waals surface area contributed by atoms with Crippen LogP contribution in [0.2, 0.25) is 0 Å². The Morgan fingerprint density at radius 3 is 2.76 bits per heavy atom. The quantitative estimate of drug-likeness (QED) is 0.396. The van der Waals surface area contributed by atoms with Crippen molar-refractivity contribution >= 4 is 23.7 Å². The fourth-order valence-electron chi connectivity index (χ4n) is 4.38. The molecule has 6 heteroatoms. The SMILES string of the molecule is COc1ccc(F)c(-c2noc(/C=C/c3cccc(CCC(=O)O)c3)c2C2=CCCC2(C)C)c1. The molecule has 34 heavy (non-hydrogen) atoms. The van der Waals surface area contributed by atoms with Gasteiger partial charge in [-0.1, -0.05) is 55.4 Å². The molecule has 0 bridgehead atoms. The van der Waals surface area contributed by atoms with E-state index in [0.717, 1.165) is 35.1 Å². The molecule has 1 aliphatic carbocycles. The summed E-state index contributed by atoms with van der Waals surface area (Å²) in [4.78, 5) is 10.9. The first-order valence-electron chi connectivity index (χ1n) is 11.3. The van der Waals surface area contributed by atoms with E-state index >= 15 is 0 Å². The van der Waals surface area contributed by atoms with Gasteiger partial charge in [-0.2, -0.15) is 0 Å². The molecule has 1 aromatic heterocycles. The normalized spacial score (nSPS) is 15.0. The van der Waals surface area contributed by atoms with Crippen LogP contribution in [0.5, 0.6) is 5.75 Å². The van der Waals surface area contributed by atoms with Crippen LogP contribution in [-0.2, 0) is 11.2 Å². The van der Waals surface area contributed by atoms with Crippen LogP contribution in [-0.4, -0.2) is 23.3 Å². The molecule has 0 spiro atoms. The van der Waals surface area contributed by atoms with Gasteiger partial charge in [0.25, 0.3) is 0 Å². The number of rotatable bonds is 8. The van der Waals surface area contributed by atoms with Crippen molar-refractivity contribution in [1.29, 1.82) is 0 Å². The minimum absolute atomic E-state index is 0.0815. The highest BCUT2D eigenvalue weighted by Crippen LogP contribution is 2.48. The zero-order valence-corrected chi connectivity index (χ0v) is 19.6. The summed E-state index contributed by atoms with van der Waals surface area (Å²) in [6, 6.07) is 12.3. The highest BCUT2D eigenvalue weighted by atomic mass is 19.1. The summed E-state index contributed by atoms with van der Waals surface area (Å²) in [5, 5.41) is 13.2. The number of carbonyl (C=O) groups is 1. The van der Waals surface area contributed by atoms with Gasteiger partial charge in [-0.25, -0.2) is 4.39 Å². The number of hydrogen-bond donors (Lipinski definition) is 1. The minimum Gasteiger partial charge on any atom is -0.497 e. The standard InChI is InChI=1S/C28H28FNO4/c1-28(2)15-5-8-22(28)26-24(13-9-18-6-4-7-19(16-18)10-14-25(31)32)34-30-27(26)21-17-20(33-3)11-12-23(21)29/h4,6-9,11-13,16-17H,5,10,14-15H2,1-3H3,(H,31,32)/b13-9+. The van der Waals surface area contributed by atoms with E-state index in [9.17, 15) is 9.18 Å². The van der Waals surface area contributed by atoms with Gasteiger partial charge in [0.05, 0.1) is 12.7 Å². The predicted molar refractivity (Wildman–Crippen MR) is 131 cm³/mol. The summed E-state index contributed by atoms with van der Waals surface area (Å²) in [6.45, 7) is 4.34. The lowest BCUT2D eigenvalue weighted by Crippen LogP contribution is -2.10. The van der Waals surface area contributed by atoms with Gasteiger partial charge in [-0.3, -0.25) is 4.79 Å². The molecule has 1 heterocycles. The van der Waals surface area contributed by atoms with Crippen molar-refractivity contribution in [3.8, 4) is 17.0 Å². The summed E-state index contributed by atoms with van der Waals surface area (Å²) in [5.74, 6) is -0.125. The van der Waals surface area contributed by atoms with E-state index in [0.29, 0.717) is 29.2 Å². The third-order valence-corrected chi connectivity index (χ3v) is 6.27. The molecule has 0 fully saturated rings. The maximum Gasteiger partial charge on any atom is 0.303 e. The zero-order valence-electron chi connectivity index (χ0n) is 19.6. The minimum atomic E-state index is -0.822. The van der Waals surface area contributed by atoms with Gasteiger partial charge in [-0.15, -0.1) is 0 Å². The summed E-state index contributed by atoms with van der Waals surface area (Å²) in [7, 11) is 1.54. The maximum atomic E-state index is 14.9. The van der Waals surface area contributed by atoms with Gasteiger partial charge in [0.2, 0.25) is 0 Å². The lowest BCUT2D eigenvalue weighted by molar-refractivity contribution is -0.136. The van der Waals surface area contributed by atoms with Crippen LogP contribution < -0.4 is 4.74 Å². The molecule has 1 N–H and O–H groups in total. The number of nitrogens with zero attached hydrogens (tertiary/aromatic N) is 1. The first-order valence-corrected chi connectivity index (χ1v) is 11.3. The number of aliphatic carboxylic acids is 1. The van der Waals surface area contributed by atoms with E-state index in [1.54, 1.807) is 19.2 Å². The van der Waals surface area contributed by atoms with Crippen molar-refractivity contribution in [2.45, 2.75) is 39.5 Å². The zero-order chi connectivity index (χ0) is 24.3. The van der Waals surface area contributed by atoms with E-state index in [-0.39, 0.29) is 11.8 Å². The molecule has 0 amide bonds. The Labute approximate surface area is 198 Å². The van der Waals surface area contributed by atoms with Gasteiger partial charge < -0.3 is 14.4 Å². The molecule has 0 aliphatic heterocycles. The average molecular weight is 462 g/mol. The largest absolute Gasteiger partial charge is 0.497 e. The Bertz CT molecular complexity index is 1270. The number of allylic oxidation sites excluding steroid dienone is 2. The molecular formula is C28H28FNO4. The van der Waals surface area contributed by atoms with E-state index in [2.05, 4.69) is 25.1 Å². The molecule has 1 aliphatic rings. The molecule has 5 nitrogen and oxygen atoms in total. The summed E-state index contributed by atoms with van der Waals surface area (Å²) in [5.41, 5.74) is 4.41. The summed E-state index contributed by atoms with van der Waals surface area (Å²) in [6.07, 6.45) is 8.39. The first-order chi connectivity index (χ1) is 16.3. The molecule has 3 aromatic rings. The van der Waals surface area contributed by atoms with Crippen LogP contribution in [0.3, 0.4) is 0 Å². The fourth-order valence-corrected chi connectivity index (χ4v) is 4.38. The number of carboxylic acids is 1. The topological polar surface area (TPSA) is 72.6 Å². The Morgan fingerprint density at radius 2 is 2.06 bits per heavy atom. The van der Waals surface area contributed by atoms with Crippen molar-refractivity contribution in [1.82, 2.24) is 5.16 Å². The van der Waals surface area contributed by atoms with Gasteiger partial charge in [0.15, 0.2) is 5.76 Å². The number of hydrogen-bond acceptors (Lipinski definition) is 4. The second-order valence-electron chi connectivity index (χ2n) is 9.13. The molecule has 176 valence electrons. The van der Waals surface area contributed by atoms with Gasteiger partial charge in [0.1, 0.15) is 17.3 Å². The molecule has 0 atom stereocenters. The smallest absolute Gasteiger partial charge is 0.303 e. The van der Waals surface area contributed by atoms with Crippen molar-refractivity contribution < 1.29 is 23.6 Å². The number of aryl methyl sites for hydroxylation is 1. The first kappa shape index (κ1) is 23.5. The second-order valence-corrected chi connectivity index (χ2v) is 9.13. The third-order valence-electron chi connectivity index (χ3n) is 6.27. The predicted octanol–water partition coefficient (Wildman–Crippen LogP) is 6.88. The molecule has 0 saturated carbocycles. The number of methoxy groups -OCH3 is 1. The fraction of sp³-hybridized carbons (Fsp3) is 0.286. The van der Waals surface area contributed by atoms with Crippen molar-refractivity contribution in [3.63, 3.8) is 0 Å². The van der Waals surface area contributed by atoms with Crippen LogP contribution in [0.15, 0.2) is 53.1 Å². The van der Waals surface area contributed by atoms with Crippen LogP contribution in [0.4, 0.5) is 4.39 Å². The van der Waals surface area contributed by atoms with Crippen LogP contribution in [0.1, 0.15) is 55.6 Å².